The molecule has 0 bridgehead atoms. The van der Waals surface area contributed by atoms with Crippen molar-refractivity contribution in [1.29, 1.82) is 0 Å². The van der Waals surface area contributed by atoms with E-state index in [0.29, 0.717) is 5.56 Å². The van der Waals surface area contributed by atoms with Gasteiger partial charge >= 0.3 is 5.97 Å². The third-order valence-corrected chi connectivity index (χ3v) is 5.68. The summed E-state index contributed by atoms with van der Waals surface area (Å²) in [5, 5.41) is 9.00. The molecule has 1 atom stereocenters. The van der Waals surface area contributed by atoms with Gasteiger partial charge in [-0.15, -0.1) is 0 Å². The van der Waals surface area contributed by atoms with E-state index in [2.05, 4.69) is 18.6 Å². The number of aryl methyl sites for hydroxylation is 1. The zero-order valence-corrected chi connectivity index (χ0v) is 13.3. The average molecular weight is 311 g/mol. The summed E-state index contributed by atoms with van der Waals surface area (Å²) < 4.78 is 27.7. The number of carbonyl (C=O) groups is 1. The summed E-state index contributed by atoms with van der Waals surface area (Å²) in [7, 11) is -3.69. The van der Waals surface area contributed by atoms with Crippen molar-refractivity contribution in [3.8, 4) is 0 Å². The Labute approximate surface area is 125 Å². The standard InChI is InChI=1S/C15H21NO4S/c1-10-4-5-11(14(17)18)8-13(10)21(19,20)16-12-6-7-15(2,3)9-12/h4-5,8,12,16H,6-7,9H2,1-3H3,(H,17,18). The molecule has 2 N–H and O–H groups in total. The molecular weight excluding hydrogens is 290 g/mol. The molecule has 6 heteroatoms. The number of benzene rings is 1. The smallest absolute Gasteiger partial charge is 0.335 e. The molecular formula is C15H21NO4S. The highest BCUT2D eigenvalue weighted by molar-refractivity contribution is 7.89. The van der Waals surface area contributed by atoms with Crippen molar-refractivity contribution in [2.45, 2.75) is 51.0 Å². The van der Waals surface area contributed by atoms with Crippen molar-refractivity contribution in [1.82, 2.24) is 4.72 Å². The van der Waals surface area contributed by atoms with Crippen molar-refractivity contribution in [3.63, 3.8) is 0 Å². The van der Waals surface area contributed by atoms with Crippen LogP contribution in [0.2, 0.25) is 0 Å². The molecule has 0 amide bonds. The van der Waals surface area contributed by atoms with Crippen LogP contribution in [0.3, 0.4) is 0 Å². The number of hydrogen-bond donors (Lipinski definition) is 2. The SMILES string of the molecule is Cc1ccc(C(=O)O)cc1S(=O)(=O)NC1CCC(C)(C)C1. The molecule has 0 heterocycles. The molecule has 0 aromatic heterocycles. The first-order valence-electron chi connectivity index (χ1n) is 6.97. The van der Waals surface area contributed by atoms with E-state index >= 15 is 0 Å². The predicted octanol–water partition coefficient (Wildman–Crippen LogP) is 2.55. The summed E-state index contributed by atoms with van der Waals surface area (Å²) >= 11 is 0. The van der Waals surface area contributed by atoms with Gasteiger partial charge in [-0.2, -0.15) is 0 Å². The molecule has 21 heavy (non-hydrogen) atoms. The lowest BCUT2D eigenvalue weighted by molar-refractivity contribution is 0.0696. The molecule has 0 spiro atoms. The zero-order chi connectivity index (χ0) is 15.8. The molecule has 1 aliphatic rings. The largest absolute Gasteiger partial charge is 0.478 e. The van der Waals surface area contributed by atoms with Crippen molar-refractivity contribution < 1.29 is 18.3 Å². The Morgan fingerprint density at radius 3 is 2.57 bits per heavy atom. The summed E-state index contributed by atoms with van der Waals surface area (Å²) in [6.45, 7) is 5.91. The van der Waals surface area contributed by atoms with Crippen molar-refractivity contribution >= 4 is 16.0 Å². The highest BCUT2D eigenvalue weighted by Crippen LogP contribution is 2.37. The van der Waals surface area contributed by atoms with Crippen molar-refractivity contribution in [2.24, 2.45) is 5.41 Å². The molecule has 2 rings (SSSR count). The summed E-state index contributed by atoms with van der Waals surface area (Å²) in [6, 6.07) is 4.07. The predicted molar refractivity (Wildman–Crippen MR) is 79.9 cm³/mol. The maximum atomic E-state index is 12.5. The van der Waals surface area contributed by atoms with Gasteiger partial charge in [0.05, 0.1) is 10.5 Å². The van der Waals surface area contributed by atoms with Gasteiger partial charge in [-0.3, -0.25) is 0 Å². The first kappa shape index (κ1) is 16.0. The van der Waals surface area contributed by atoms with Crippen LogP contribution in [-0.2, 0) is 10.0 Å². The Hall–Kier alpha value is -1.40. The van der Waals surface area contributed by atoms with Gasteiger partial charge in [0.15, 0.2) is 0 Å². The molecule has 1 aromatic carbocycles. The van der Waals surface area contributed by atoms with Gasteiger partial charge in [0, 0.05) is 6.04 Å². The van der Waals surface area contributed by atoms with E-state index < -0.39 is 16.0 Å². The molecule has 1 saturated carbocycles. The fourth-order valence-corrected chi connectivity index (χ4v) is 4.38. The minimum absolute atomic E-state index is 0.0206. The van der Waals surface area contributed by atoms with Crippen LogP contribution in [0.1, 0.15) is 49.0 Å². The number of hydrogen-bond acceptors (Lipinski definition) is 3. The van der Waals surface area contributed by atoms with E-state index in [1.54, 1.807) is 6.92 Å². The molecule has 5 nitrogen and oxygen atoms in total. The summed E-state index contributed by atoms with van der Waals surface area (Å²) in [4.78, 5) is 11.1. The first-order chi connectivity index (χ1) is 9.61. The van der Waals surface area contributed by atoms with E-state index in [0.717, 1.165) is 19.3 Å². The molecule has 1 unspecified atom stereocenters. The van der Waals surface area contributed by atoms with Crippen LogP contribution in [0.15, 0.2) is 23.1 Å². The molecule has 116 valence electrons. The van der Waals surface area contributed by atoms with Crippen LogP contribution in [0.25, 0.3) is 0 Å². The number of nitrogens with one attached hydrogen (secondary N) is 1. The van der Waals surface area contributed by atoms with Gasteiger partial charge in [-0.1, -0.05) is 19.9 Å². The Kier molecular flexibility index (Phi) is 4.13. The normalized spacial score (nSPS) is 21.4. The topological polar surface area (TPSA) is 83.5 Å². The van der Waals surface area contributed by atoms with E-state index in [1.165, 1.54) is 18.2 Å². The molecule has 0 saturated heterocycles. The molecule has 0 radical (unpaired) electrons. The molecule has 1 aromatic rings. The quantitative estimate of drug-likeness (QED) is 0.895. The molecule has 1 aliphatic carbocycles. The minimum Gasteiger partial charge on any atom is -0.478 e. The Bertz CT molecular complexity index is 664. The van der Waals surface area contributed by atoms with E-state index in [9.17, 15) is 13.2 Å². The van der Waals surface area contributed by atoms with Gasteiger partial charge in [0.25, 0.3) is 0 Å². The van der Waals surface area contributed by atoms with E-state index in [-0.39, 0.29) is 21.9 Å². The van der Waals surface area contributed by atoms with Gasteiger partial charge in [-0.25, -0.2) is 17.9 Å². The second-order valence-corrected chi connectivity index (χ2v) is 8.19. The van der Waals surface area contributed by atoms with Crippen LogP contribution in [0.5, 0.6) is 0 Å². The Balaban J connectivity index is 2.28. The van der Waals surface area contributed by atoms with Crippen LogP contribution in [0.4, 0.5) is 0 Å². The summed E-state index contributed by atoms with van der Waals surface area (Å²) in [5.74, 6) is -1.13. The van der Waals surface area contributed by atoms with Gasteiger partial charge in [0.1, 0.15) is 0 Å². The minimum atomic E-state index is -3.69. The van der Waals surface area contributed by atoms with Gasteiger partial charge in [0.2, 0.25) is 10.0 Å². The maximum Gasteiger partial charge on any atom is 0.335 e. The van der Waals surface area contributed by atoms with Gasteiger partial charge in [-0.05, 0) is 49.3 Å². The fourth-order valence-electron chi connectivity index (χ4n) is 2.84. The monoisotopic (exact) mass is 311 g/mol. The van der Waals surface area contributed by atoms with Crippen LogP contribution < -0.4 is 4.72 Å². The number of aromatic carboxylic acids is 1. The second-order valence-electron chi connectivity index (χ2n) is 6.51. The third kappa shape index (κ3) is 3.63. The Morgan fingerprint density at radius 2 is 2.05 bits per heavy atom. The van der Waals surface area contributed by atoms with Crippen molar-refractivity contribution in [3.05, 3.63) is 29.3 Å². The summed E-state index contributed by atoms with van der Waals surface area (Å²) in [5.41, 5.74) is 0.669. The lowest BCUT2D eigenvalue weighted by Gasteiger charge is -2.18. The highest BCUT2D eigenvalue weighted by Gasteiger charge is 2.34. The van der Waals surface area contributed by atoms with Crippen molar-refractivity contribution in [2.75, 3.05) is 0 Å². The highest BCUT2D eigenvalue weighted by atomic mass is 32.2. The third-order valence-electron chi connectivity index (χ3n) is 4.01. The second kappa shape index (κ2) is 5.42. The average Bonchev–Trinajstić information content (AvgIpc) is 2.67. The summed E-state index contributed by atoms with van der Waals surface area (Å²) in [6.07, 6.45) is 2.59. The maximum absolute atomic E-state index is 12.5. The van der Waals surface area contributed by atoms with Crippen LogP contribution >= 0.6 is 0 Å². The lowest BCUT2D eigenvalue weighted by Crippen LogP contribution is -2.34. The number of carboxylic acid groups (broad SMARTS) is 1. The molecule has 0 aliphatic heterocycles. The van der Waals surface area contributed by atoms with E-state index in [4.69, 9.17) is 5.11 Å². The number of sulfonamides is 1. The first-order valence-corrected chi connectivity index (χ1v) is 8.45. The number of carboxylic acids is 1. The number of rotatable bonds is 4. The zero-order valence-electron chi connectivity index (χ0n) is 12.5. The van der Waals surface area contributed by atoms with Crippen LogP contribution in [0, 0.1) is 12.3 Å². The molecule has 1 fully saturated rings. The Morgan fingerprint density at radius 1 is 1.38 bits per heavy atom. The van der Waals surface area contributed by atoms with Crippen LogP contribution in [-0.4, -0.2) is 25.5 Å². The fraction of sp³-hybridized carbons (Fsp3) is 0.533. The van der Waals surface area contributed by atoms with Gasteiger partial charge < -0.3 is 5.11 Å². The van der Waals surface area contributed by atoms with E-state index in [1.807, 2.05) is 0 Å². The lowest BCUT2D eigenvalue weighted by atomic mass is 9.92.